The quantitative estimate of drug-likeness (QED) is 0.633. The third-order valence-corrected chi connectivity index (χ3v) is 0.592. The van der Waals surface area contributed by atoms with Crippen LogP contribution < -0.4 is 11.5 Å². The van der Waals surface area contributed by atoms with Crippen LogP contribution in [0.5, 0.6) is 0 Å². The molecule has 0 atom stereocenters. The van der Waals surface area contributed by atoms with Gasteiger partial charge in [0.05, 0.1) is 13.7 Å². The SMILES string of the molecule is C.C=C(N)OC.C=C(N)OCC. The highest BCUT2D eigenvalue weighted by molar-refractivity contribution is 4.69. The molecule has 4 N–H and O–H groups in total. The van der Waals surface area contributed by atoms with E-state index in [1.54, 1.807) is 0 Å². The zero-order valence-corrected chi connectivity index (χ0v) is 7.09. The molecular formula is C8H20N2O2. The second-order valence-corrected chi connectivity index (χ2v) is 1.57. The van der Waals surface area contributed by atoms with E-state index in [1.807, 2.05) is 6.92 Å². The van der Waals surface area contributed by atoms with E-state index in [0.29, 0.717) is 6.61 Å². The minimum Gasteiger partial charge on any atom is -0.483 e. The molecular weight excluding hydrogens is 156 g/mol. The molecule has 0 amide bonds. The second kappa shape index (κ2) is 12.4. The van der Waals surface area contributed by atoms with Gasteiger partial charge in [-0.2, -0.15) is 0 Å². The molecule has 0 spiro atoms. The molecule has 0 heterocycles. The van der Waals surface area contributed by atoms with Crippen molar-refractivity contribution >= 4 is 0 Å². The van der Waals surface area contributed by atoms with E-state index >= 15 is 0 Å². The number of hydrogen-bond acceptors (Lipinski definition) is 4. The summed E-state index contributed by atoms with van der Waals surface area (Å²) < 4.78 is 8.96. The smallest absolute Gasteiger partial charge is 0.176 e. The van der Waals surface area contributed by atoms with Gasteiger partial charge >= 0.3 is 0 Å². The molecule has 74 valence electrons. The summed E-state index contributed by atoms with van der Waals surface area (Å²) >= 11 is 0. The van der Waals surface area contributed by atoms with Gasteiger partial charge in [-0.15, -0.1) is 0 Å². The van der Waals surface area contributed by atoms with Crippen LogP contribution >= 0.6 is 0 Å². The average Bonchev–Trinajstić information content (AvgIpc) is 1.89. The monoisotopic (exact) mass is 176 g/mol. The van der Waals surface area contributed by atoms with E-state index in [2.05, 4.69) is 22.6 Å². The van der Waals surface area contributed by atoms with Gasteiger partial charge in [0.25, 0.3) is 0 Å². The molecule has 0 aromatic heterocycles. The van der Waals surface area contributed by atoms with Crippen LogP contribution in [0.4, 0.5) is 0 Å². The number of hydrogen-bond donors (Lipinski definition) is 2. The predicted octanol–water partition coefficient (Wildman–Crippen LogP) is 1.15. The fraction of sp³-hybridized carbons (Fsp3) is 0.500. The molecule has 4 heteroatoms. The van der Waals surface area contributed by atoms with Crippen LogP contribution in [0.3, 0.4) is 0 Å². The first-order chi connectivity index (χ1) is 5.04. The first-order valence-corrected chi connectivity index (χ1v) is 3.10. The molecule has 0 aliphatic heterocycles. The zero-order chi connectivity index (χ0) is 9.28. The van der Waals surface area contributed by atoms with Crippen LogP contribution in [0.15, 0.2) is 24.9 Å². The molecule has 12 heavy (non-hydrogen) atoms. The third kappa shape index (κ3) is 37.8. The Labute approximate surface area is 74.8 Å². The van der Waals surface area contributed by atoms with Crippen LogP contribution in [0, 0.1) is 0 Å². The molecule has 0 unspecified atom stereocenters. The first-order valence-electron chi connectivity index (χ1n) is 3.10. The lowest BCUT2D eigenvalue weighted by Crippen LogP contribution is -1.98. The van der Waals surface area contributed by atoms with Crippen molar-refractivity contribution in [1.82, 2.24) is 0 Å². The topological polar surface area (TPSA) is 70.5 Å². The van der Waals surface area contributed by atoms with Gasteiger partial charge in [0, 0.05) is 0 Å². The summed E-state index contributed by atoms with van der Waals surface area (Å²) in [6, 6.07) is 0. The van der Waals surface area contributed by atoms with Crippen molar-refractivity contribution in [1.29, 1.82) is 0 Å². The first kappa shape index (κ1) is 17.0. The maximum Gasteiger partial charge on any atom is 0.176 e. The van der Waals surface area contributed by atoms with Crippen molar-refractivity contribution in [3.8, 4) is 0 Å². The van der Waals surface area contributed by atoms with Crippen LogP contribution in [0.1, 0.15) is 14.4 Å². The van der Waals surface area contributed by atoms with Gasteiger partial charge in [0.2, 0.25) is 0 Å². The van der Waals surface area contributed by atoms with Crippen molar-refractivity contribution in [3.05, 3.63) is 24.9 Å². The minimum absolute atomic E-state index is 0. The summed E-state index contributed by atoms with van der Waals surface area (Å²) in [5.41, 5.74) is 9.86. The Kier molecular flexibility index (Phi) is 17.5. The summed E-state index contributed by atoms with van der Waals surface area (Å²) in [5.74, 6) is 0.544. The number of methoxy groups -OCH3 is 1. The van der Waals surface area contributed by atoms with Crippen molar-refractivity contribution in [2.75, 3.05) is 13.7 Å². The van der Waals surface area contributed by atoms with E-state index in [4.69, 9.17) is 11.5 Å². The van der Waals surface area contributed by atoms with Crippen LogP contribution in [0.25, 0.3) is 0 Å². The fourth-order valence-corrected chi connectivity index (χ4v) is 0.185. The lowest BCUT2D eigenvalue weighted by molar-refractivity contribution is 0.228. The van der Waals surface area contributed by atoms with Crippen LogP contribution in [-0.2, 0) is 9.47 Å². The normalized spacial score (nSPS) is 6.50. The van der Waals surface area contributed by atoms with Crippen molar-refractivity contribution in [2.24, 2.45) is 11.5 Å². The Hall–Kier alpha value is -1.32. The maximum atomic E-state index is 4.99. The van der Waals surface area contributed by atoms with Crippen LogP contribution in [-0.4, -0.2) is 13.7 Å². The Morgan fingerprint density at radius 1 is 1.25 bits per heavy atom. The molecule has 4 nitrogen and oxygen atoms in total. The van der Waals surface area contributed by atoms with Crippen molar-refractivity contribution < 1.29 is 9.47 Å². The van der Waals surface area contributed by atoms with Crippen LogP contribution in [0.2, 0.25) is 0 Å². The summed E-state index contributed by atoms with van der Waals surface area (Å²) in [5, 5.41) is 0. The lowest BCUT2D eigenvalue weighted by atomic mass is 10.8. The predicted molar refractivity (Wildman–Crippen MR) is 52.0 cm³/mol. The highest BCUT2D eigenvalue weighted by atomic mass is 16.5. The molecule has 0 saturated heterocycles. The lowest BCUT2D eigenvalue weighted by Gasteiger charge is -1.95. The molecule has 0 fully saturated rings. The molecule has 0 aliphatic rings. The summed E-state index contributed by atoms with van der Waals surface area (Å²) in [6.45, 7) is 9.00. The Morgan fingerprint density at radius 2 is 1.58 bits per heavy atom. The number of ether oxygens (including phenoxy) is 2. The van der Waals surface area contributed by atoms with Gasteiger partial charge in [-0.05, 0) is 20.1 Å². The molecule has 0 aromatic carbocycles. The van der Waals surface area contributed by atoms with E-state index in [9.17, 15) is 0 Å². The fourth-order valence-electron chi connectivity index (χ4n) is 0.185. The Bertz CT molecular complexity index is 124. The molecule has 0 saturated carbocycles. The van der Waals surface area contributed by atoms with Crippen molar-refractivity contribution in [2.45, 2.75) is 14.4 Å². The van der Waals surface area contributed by atoms with E-state index in [-0.39, 0.29) is 19.2 Å². The molecule has 0 aliphatic carbocycles. The van der Waals surface area contributed by atoms with Gasteiger partial charge < -0.3 is 20.9 Å². The third-order valence-electron chi connectivity index (χ3n) is 0.592. The Balaban J connectivity index is -0.000000126. The van der Waals surface area contributed by atoms with Gasteiger partial charge in [-0.3, -0.25) is 0 Å². The summed E-state index contributed by atoms with van der Waals surface area (Å²) in [6.07, 6.45) is 0. The van der Waals surface area contributed by atoms with E-state index in [1.165, 1.54) is 7.11 Å². The van der Waals surface area contributed by atoms with Gasteiger partial charge in [0.15, 0.2) is 11.8 Å². The number of rotatable bonds is 3. The molecule has 0 bridgehead atoms. The second-order valence-electron chi connectivity index (χ2n) is 1.57. The Morgan fingerprint density at radius 3 is 1.58 bits per heavy atom. The maximum absolute atomic E-state index is 4.99. The highest BCUT2D eigenvalue weighted by Gasteiger charge is 1.73. The molecule has 0 rings (SSSR count). The minimum atomic E-state index is 0. The molecule has 0 aromatic rings. The van der Waals surface area contributed by atoms with Gasteiger partial charge in [0.1, 0.15) is 0 Å². The zero-order valence-electron chi connectivity index (χ0n) is 7.09. The average molecular weight is 176 g/mol. The van der Waals surface area contributed by atoms with Gasteiger partial charge in [-0.25, -0.2) is 0 Å². The van der Waals surface area contributed by atoms with E-state index in [0.717, 1.165) is 0 Å². The number of nitrogens with two attached hydrogens (primary N) is 2. The summed E-state index contributed by atoms with van der Waals surface area (Å²) in [4.78, 5) is 0. The van der Waals surface area contributed by atoms with Gasteiger partial charge in [-0.1, -0.05) is 7.43 Å². The van der Waals surface area contributed by atoms with E-state index < -0.39 is 0 Å². The molecule has 0 radical (unpaired) electrons. The summed E-state index contributed by atoms with van der Waals surface area (Å²) in [7, 11) is 1.47. The largest absolute Gasteiger partial charge is 0.483 e. The highest BCUT2D eigenvalue weighted by Crippen LogP contribution is 1.76. The standard InChI is InChI=1S/C4H9NO.C3H7NO.CH4/c1-3-6-4(2)5;1-3(4)5-2;/h2-3,5H2,1H3;1,4H2,2H3;1H4. The van der Waals surface area contributed by atoms with Crippen molar-refractivity contribution in [3.63, 3.8) is 0 Å².